The minimum atomic E-state index is 0.0473. The summed E-state index contributed by atoms with van der Waals surface area (Å²) in [6.45, 7) is 1.82. The summed E-state index contributed by atoms with van der Waals surface area (Å²) >= 11 is 3.52. The molecule has 0 N–H and O–H groups in total. The van der Waals surface area contributed by atoms with Crippen molar-refractivity contribution in [2.24, 2.45) is 0 Å². The topological polar surface area (TPSA) is 29.5 Å². The quantitative estimate of drug-likeness (QED) is 0.443. The zero-order valence-electron chi connectivity index (χ0n) is 16.5. The van der Waals surface area contributed by atoms with Crippen molar-refractivity contribution in [1.82, 2.24) is 4.90 Å². The molecule has 0 unspecified atom stereocenters. The van der Waals surface area contributed by atoms with Gasteiger partial charge < -0.3 is 4.74 Å². The molecule has 0 amide bonds. The molecule has 4 rings (SSSR count). The van der Waals surface area contributed by atoms with E-state index in [0.717, 1.165) is 35.3 Å². The first-order valence-electron chi connectivity index (χ1n) is 9.87. The average molecular weight is 450 g/mol. The molecule has 1 heterocycles. The van der Waals surface area contributed by atoms with Crippen molar-refractivity contribution < 1.29 is 9.53 Å². The Balaban J connectivity index is 1.60. The molecule has 1 atom stereocenters. The van der Waals surface area contributed by atoms with Crippen LogP contribution in [-0.2, 0) is 13.0 Å². The second kappa shape index (κ2) is 8.93. The zero-order chi connectivity index (χ0) is 20.2. The molecule has 29 heavy (non-hydrogen) atoms. The molecule has 3 aromatic carbocycles. The maximum absolute atomic E-state index is 13.1. The van der Waals surface area contributed by atoms with Crippen LogP contribution in [0.25, 0.3) is 0 Å². The van der Waals surface area contributed by atoms with Gasteiger partial charge in [0.2, 0.25) is 0 Å². The smallest absolute Gasteiger partial charge is 0.164 e. The Morgan fingerprint density at radius 1 is 1.00 bits per heavy atom. The molecule has 0 saturated heterocycles. The predicted molar refractivity (Wildman–Crippen MR) is 119 cm³/mol. The zero-order valence-corrected chi connectivity index (χ0v) is 18.1. The van der Waals surface area contributed by atoms with Crippen molar-refractivity contribution >= 4 is 21.7 Å². The number of fused-ring (bicyclic) bond motifs is 1. The SMILES string of the molecule is COc1ccc(C(=O)C[C@@H](c2ccc(Br)cc2)N2CCc3ccccc3C2)cc1. The van der Waals surface area contributed by atoms with Gasteiger partial charge in [-0.3, -0.25) is 9.69 Å². The van der Waals surface area contributed by atoms with E-state index in [1.807, 2.05) is 24.3 Å². The van der Waals surface area contributed by atoms with E-state index in [9.17, 15) is 4.79 Å². The molecule has 0 bridgehead atoms. The van der Waals surface area contributed by atoms with Crippen LogP contribution in [0.2, 0.25) is 0 Å². The highest BCUT2D eigenvalue weighted by atomic mass is 79.9. The number of carbonyl (C=O) groups is 1. The van der Waals surface area contributed by atoms with Gasteiger partial charge in [0, 0.05) is 35.6 Å². The van der Waals surface area contributed by atoms with Crippen molar-refractivity contribution in [2.75, 3.05) is 13.7 Å². The first-order chi connectivity index (χ1) is 14.1. The van der Waals surface area contributed by atoms with Gasteiger partial charge in [-0.2, -0.15) is 0 Å². The van der Waals surface area contributed by atoms with Crippen LogP contribution in [0.4, 0.5) is 0 Å². The van der Waals surface area contributed by atoms with Crippen LogP contribution in [-0.4, -0.2) is 24.3 Å². The van der Waals surface area contributed by atoms with Crippen LogP contribution >= 0.6 is 15.9 Å². The summed E-state index contributed by atoms with van der Waals surface area (Å²) in [5.41, 5.74) is 4.68. The van der Waals surface area contributed by atoms with Gasteiger partial charge in [0.1, 0.15) is 5.75 Å². The molecule has 3 nitrogen and oxygen atoms in total. The van der Waals surface area contributed by atoms with Crippen LogP contribution in [0.1, 0.15) is 39.5 Å². The van der Waals surface area contributed by atoms with Gasteiger partial charge in [-0.15, -0.1) is 0 Å². The van der Waals surface area contributed by atoms with Crippen LogP contribution in [0, 0.1) is 0 Å². The van der Waals surface area contributed by atoms with Crippen molar-refractivity contribution in [3.05, 3.63) is 99.5 Å². The molecule has 1 aliphatic heterocycles. The van der Waals surface area contributed by atoms with E-state index >= 15 is 0 Å². The lowest BCUT2D eigenvalue weighted by Crippen LogP contribution is -2.35. The predicted octanol–water partition coefficient (Wildman–Crippen LogP) is 5.83. The molecule has 0 saturated carbocycles. The summed E-state index contributed by atoms with van der Waals surface area (Å²) in [4.78, 5) is 15.5. The Labute approximate surface area is 180 Å². The summed E-state index contributed by atoms with van der Waals surface area (Å²) in [6.07, 6.45) is 1.47. The average Bonchev–Trinajstić information content (AvgIpc) is 2.78. The maximum Gasteiger partial charge on any atom is 0.164 e. The number of nitrogens with zero attached hydrogens (tertiary/aromatic N) is 1. The molecule has 0 spiro atoms. The Hall–Kier alpha value is -2.43. The number of ether oxygens (including phenoxy) is 1. The largest absolute Gasteiger partial charge is 0.497 e. The number of halogens is 1. The standard InChI is InChI=1S/C25H24BrNO2/c1-29-23-12-8-20(9-13-23)25(28)16-24(19-6-10-22(26)11-7-19)27-15-14-18-4-2-3-5-21(18)17-27/h2-13,24H,14-17H2,1H3/t24-/m0/s1. The first kappa shape index (κ1) is 19.9. The van der Waals surface area contributed by atoms with E-state index in [0.29, 0.717) is 6.42 Å². The highest BCUT2D eigenvalue weighted by molar-refractivity contribution is 9.10. The van der Waals surface area contributed by atoms with Gasteiger partial charge in [-0.05, 0) is 59.5 Å². The molecule has 0 radical (unpaired) electrons. The third kappa shape index (κ3) is 4.60. The van der Waals surface area contributed by atoms with E-state index < -0.39 is 0 Å². The van der Waals surface area contributed by atoms with E-state index in [-0.39, 0.29) is 11.8 Å². The van der Waals surface area contributed by atoms with E-state index in [1.165, 1.54) is 16.7 Å². The Bertz CT molecular complexity index is 982. The fourth-order valence-electron chi connectivity index (χ4n) is 4.00. The van der Waals surface area contributed by atoms with Crippen molar-refractivity contribution in [2.45, 2.75) is 25.4 Å². The second-order valence-electron chi connectivity index (χ2n) is 7.41. The Morgan fingerprint density at radius 2 is 1.69 bits per heavy atom. The molecular formula is C25H24BrNO2. The van der Waals surface area contributed by atoms with E-state index in [2.05, 4.69) is 69.4 Å². The second-order valence-corrected chi connectivity index (χ2v) is 8.33. The molecule has 0 aliphatic carbocycles. The summed E-state index contributed by atoms with van der Waals surface area (Å²) < 4.78 is 6.26. The van der Waals surface area contributed by atoms with Crippen molar-refractivity contribution in [1.29, 1.82) is 0 Å². The number of rotatable bonds is 6. The van der Waals surface area contributed by atoms with Crippen LogP contribution in [0.15, 0.2) is 77.3 Å². The molecule has 148 valence electrons. The van der Waals surface area contributed by atoms with Gasteiger partial charge >= 0.3 is 0 Å². The highest BCUT2D eigenvalue weighted by Crippen LogP contribution is 2.32. The van der Waals surface area contributed by atoms with Crippen molar-refractivity contribution in [3.8, 4) is 5.75 Å². The fourth-order valence-corrected chi connectivity index (χ4v) is 4.26. The van der Waals surface area contributed by atoms with Gasteiger partial charge in [-0.1, -0.05) is 52.3 Å². The van der Waals surface area contributed by atoms with Crippen LogP contribution in [0.3, 0.4) is 0 Å². The summed E-state index contributed by atoms with van der Waals surface area (Å²) in [7, 11) is 1.63. The Kier molecular flexibility index (Phi) is 6.12. The number of benzene rings is 3. The number of ketones is 1. The lowest BCUT2D eigenvalue weighted by molar-refractivity contribution is 0.0903. The number of hydrogen-bond donors (Lipinski definition) is 0. The summed E-state index contributed by atoms with van der Waals surface area (Å²) in [6, 6.07) is 24.4. The van der Waals surface area contributed by atoms with Crippen LogP contribution in [0.5, 0.6) is 5.75 Å². The number of carbonyl (C=O) groups excluding carboxylic acids is 1. The van der Waals surface area contributed by atoms with Crippen LogP contribution < -0.4 is 4.74 Å². The van der Waals surface area contributed by atoms with Gasteiger partial charge in [0.15, 0.2) is 5.78 Å². The maximum atomic E-state index is 13.1. The normalized spacial score (nSPS) is 14.8. The monoisotopic (exact) mass is 449 g/mol. The van der Waals surface area contributed by atoms with E-state index in [4.69, 9.17) is 4.74 Å². The lowest BCUT2D eigenvalue weighted by Gasteiger charge is -2.36. The van der Waals surface area contributed by atoms with Gasteiger partial charge in [0.25, 0.3) is 0 Å². The number of methoxy groups -OCH3 is 1. The molecule has 1 aliphatic rings. The Morgan fingerprint density at radius 3 is 2.38 bits per heavy atom. The highest BCUT2D eigenvalue weighted by Gasteiger charge is 2.27. The minimum Gasteiger partial charge on any atom is -0.497 e. The number of Topliss-reactive ketones (excluding diaryl/α,β-unsaturated/α-hetero) is 1. The van der Waals surface area contributed by atoms with Gasteiger partial charge in [0.05, 0.1) is 7.11 Å². The molecule has 0 aromatic heterocycles. The summed E-state index contributed by atoms with van der Waals surface area (Å²) in [5.74, 6) is 0.915. The third-order valence-electron chi connectivity index (χ3n) is 5.65. The van der Waals surface area contributed by atoms with Crippen molar-refractivity contribution in [3.63, 3.8) is 0 Å². The van der Waals surface area contributed by atoms with Gasteiger partial charge in [-0.25, -0.2) is 0 Å². The molecule has 0 fully saturated rings. The molecule has 4 heteroatoms. The van der Waals surface area contributed by atoms with E-state index in [1.54, 1.807) is 7.11 Å². The molecule has 3 aromatic rings. The first-order valence-corrected chi connectivity index (χ1v) is 10.7. The number of hydrogen-bond acceptors (Lipinski definition) is 3. The molecular weight excluding hydrogens is 426 g/mol. The fraction of sp³-hybridized carbons (Fsp3) is 0.240. The summed E-state index contributed by atoms with van der Waals surface area (Å²) in [5, 5.41) is 0. The lowest BCUT2D eigenvalue weighted by atomic mass is 9.92. The third-order valence-corrected chi connectivity index (χ3v) is 6.18. The minimum absolute atomic E-state index is 0.0473.